The highest BCUT2D eigenvalue weighted by Crippen LogP contribution is 2.26. The van der Waals surface area contributed by atoms with E-state index in [1.54, 1.807) is 20.2 Å². The van der Waals surface area contributed by atoms with Crippen LogP contribution < -0.4 is 15.4 Å². The van der Waals surface area contributed by atoms with E-state index in [-0.39, 0.29) is 30.0 Å². The van der Waals surface area contributed by atoms with Crippen LogP contribution in [0.1, 0.15) is 30.0 Å². The lowest BCUT2D eigenvalue weighted by Gasteiger charge is -2.20. The molecule has 2 N–H and O–H groups in total. The number of benzene rings is 2. The fraction of sp³-hybridized carbons (Fsp3) is 0.318. The zero-order valence-corrected chi connectivity index (χ0v) is 21.1. The second-order valence-electron chi connectivity index (χ2n) is 6.88. The predicted octanol–water partition coefficient (Wildman–Crippen LogP) is 4.79. The molecule has 0 radical (unpaired) electrons. The predicted molar refractivity (Wildman–Crippen MR) is 135 cm³/mol. The number of guanidine groups is 1. The molecule has 3 rings (SSSR count). The third-order valence-electron chi connectivity index (χ3n) is 4.61. The molecule has 1 aromatic heterocycles. The van der Waals surface area contributed by atoms with Gasteiger partial charge >= 0.3 is 0 Å². The number of ether oxygens (including phenoxy) is 1. The first-order chi connectivity index (χ1) is 14.5. The zero-order chi connectivity index (χ0) is 21.5. The molecule has 1 atom stereocenters. The second kappa shape index (κ2) is 11.9. The molecule has 0 fully saturated rings. The summed E-state index contributed by atoms with van der Waals surface area (Å²) in [5, 5.41) is 11.3. The zero-order valence-electron chi connectivity index (χ0n) is 18.0. The van der Waals surface area contributed by atoms with Crippen molar-refractivity contribution < 1.29 is 9.26 Å². The summed E-state index contributed by atoms with van der Waals surface area (Å²) in [6, 6.07) is 13.5. The van der Waals surface area contributed by atoms with E-state index in [0.29, 0.717) is 35.7 Å². The van der Waals surface area contributed by atoms with Crippen molar-refractivity contribution in [3.05, 3.63) is 64.5 Å². The molecule has 1 unspecified atom stereocenters. The maximum atomic E-state index is 6.03. The number of hydrogen-bond donors (Lipinski definition) is 2. The van der Waals surface area contributed by atoms with Gasteiger partial charge in [-0.05, 0) is 32.0 Å². The number of halogens is 2. The van der Waals surface area contributed by atoms with Crippen LogP contribution in [0.3, 0.4) is 0 Å². The van der Waals surface area contributed by atoms with E-state index in [9.17, 15) is 0 Å². The Balaban J connectivity index is 0.00000341. The van der Waals surface area contributed by atoms with E-state index in [1.807, 2.05) is 30.3 Å². The minimum absolute atomic E-state index is 0. The van der Waals surface area contributed by atoms with E-state index in [4.69, 9.17) is 20.9 Å². The number of methoxy groups -OCH3 is 1. The van der Waals surface area contributed by atoms with Crippen molar-refractivity contribution in [1.29, 1.82) is 0 Å². The topological polar surface area (TPSA) is 84.6 Å². The van der Waals surface area contributed by atoms with E-state index < -0.39 is 0 Å². The van der Waals surface area contributed by atoms with Gasteiger partial charge in [0.15, 0.2) is 5.96 Å². The first-order valence-corrected chi connectivity index (χ1v) is 10.1. The quantitative estimate of drug-likeness (QED) is 0.248. The summed E-state index contributed by atoms with van der Waals surface area (Å²) < 4.78 is 10.8. The van der Waals surface area contributed by atoms with Crippen LogP contribution in [0, 0.1) is 6.92 Å². The molecular weight excluding hydrogens is 529 g/mol. The summed E-state index contributed by atoms with van der Waals surface area (Å²) >= 11 is 6.03. The van der Waals surface area contributed by atoms with Crippen LogP contribution in [0.4, 0.5) is 0 Å². The van der Waals surface area contributed by atoms with Gasteiger partial charge in [0, 0.05) is 36.2 Å². The number of nitrogens with zero attached hydrogens (tertiary/aromatic N) is 3. The Morgan fingerprint density at radius 3 is 2.77 bits per heavy atom. The number of aryl methyl sites for hydroxylation is 1. The molecule has 0 aliphatic heterocycles. The van der Waals surface area contributed by atoms with Gasteiger partial charge in [-0.1, -0.05) is 46.6 Å². The maximum Gasteiger partial charge on any atom is 0.228 e. The molecule has 0 aliphatic carbocycles. The number of aliphatic imine (C=N–C) groups is 1. The van der Waals surface area contributed by atoms with Gasteiger partial charge in [-0.25, -0.2) is 0 Å². The Labute approximate surface area is 204 Å². The summed E-state index contributed by atoms with van der Waals surface area (Å²) in [6.07, 6.45) is 0.566. The van der Waals surface area contributed by atoms with Crippen molar-refractivity contribution in [2.75, 3.05) is 20.7 Å². The van der Waals surface area contributed by atoms with Gasteiger partial charge in [0.25, 0.3) is 0 Å². The SMILES string of the molecule is CN=C(NCCc1nc(-c2cccc(Cl)c2)no1)NC(C)c1cc(C)ccc1OC.I. The highest BCUT2D eigenvalue weighted by atomic mass is 127. The third-order valence-corrected chi connectivity index (χ3v) is 4.85. The Bertz CT molecular complexity index is 1020. The molecule has 0 saturated carbocycles. The molecule has 0 aliphatic rings. The molecule has 0 spiro atoms. The Kier molecular flexibility index (Phi) is 9.57. The normalized spacial score (nSPS) is 12.1. The van der Waals surface area contributed by atoms with Crippen LogP contribution in [0.15, 0.2) is 52.0 Å². The molecule has 0 saturated heterocycles. The average Bonchev–Trinajstić information content (AvgIpc) is 3.22. The molecule has 7 nitrogen and oxygen atoms in total. The lowest BCUT2D eigenvalue weighted by molar-refractivity contribution is 0.378. The summed E-state index contributed by atoms with van der Waals surface area (Å²) in [5.41, 5.74) is 3.07. The van der Waals surface area contributed by atoms with Crippen molar-refractivity contribution in [3.63, 3.8) is 0 Å². The summed E-state index contributed by atoms with van der Waals surface area (Å²) in [4.78, 5) is 8.73. The number of rotatable bonds is 7. The standard InChI is InChI=1S/C22H26ClN5O2.HI/c1-14-8-9-19(29-4)18(12-14)15(2)26-22(24-3)25-11-10-20-27-21(28-30-20)16-6-5-7-17(23)13-16;/h5-9,12-13,15H,10-11H2,1-4H3,(H2,24,25,26);1H. The maximum absolute atomic E-state index is 6.03. The second-order valence-corrected chi connectivity index (χ2v) is 7.32. The summed E-state index contributed by atoms with van der Waals surface area (Å²) in [7, 11) is 3.41. The average molecular weight is 556 g/mol. The van der Waals surface area contributed by atoms with Crippen LogP contribution in [-0.2, 0) is 6.42 Å². The van der Waals surface area contributed by atoms with Crippen LogP contribution in [0.5, 0.6) is 5.75 Å². The monoisotopic (exact) mass is 555 g/mol. The van der Waals surface area contributed by atoms with Gasteiger partial charge in [0.05, 0.1) is 13.2 Å². The fourth-order valence-corrected chi connectivity index (χ4v) is 3.25. The van der Waals surface area contributed by atoms with Gasteiger partial charge in [0.1, 0.15) is 5.75 Å². The number of nitrogens with one attached hydrogen (secondary N) is 2. The Morgan fingerprint density at radius 1 is 1.26 bits per heavy atom. The molecule has 2 aromatic carbocycles. The van der Waals surface area contributed by atoms with Crippen molar-refractivity contribution in [1.82, 2.24) is 20.8 Å². The summed E-state index contributed by atoms with van der Waals surface area (Å²) in [5.74, 6) is 2.59. The highest BCUT2D eigenvalue weighted by molar-refractivity contribution is 14.0. The van der Waals surface area contributed by atoms with Crippen LogP contribution in [0.25, 0.3) is 11.4 Å². The van der Waals surface area contributed by atoms with Gasteiger partial charge < -0.3 is 19.9 Å². The highest BCUT2D eigenvalue weighted by Gasteiger charge is 2.14. The van der Waals surface area contributed by atoms with Gasteiger partial charge in [0.2, 0.25) is 11.7 Å². The van der Waals surface area contributed by atoms with Crippen LogP contribution in [-0.4, -0.2) is 36.8 Å². The first kappa shape index (κ1) is 24.9. The van der Waals surface area contributed by atoms with E-state index >= 15 is 0 Å². The van der Waals surface area contributed by atoms with E-state index in [1.165, 1.54) is 5.56 Å². The smallest absolute Gasteiger partial charge is 0.228 e. The van der Waals surface area contributed by atoms with Crippen molar-refractivity contribution in [2.45, 2.75) is 26.3 Å². The van der Waals surface area contributed by atoms with Crippen molar-refractivity contribution in [2.24, 2.45) is 4.99 Å². The fourth-order valence-electron chi connectivity index (χ4n) is 3.06. The molecule has 1 heterocycles. The van der Waals surface area contributed by atoms with Gasteiger partial charge in [-0.2, -0.15) is 4.98 Å². The lowest BCUT2D eigenvalue weighted by Crippen LogP contribution is -2.39. The Hall–Kier alpha value is -2.33. The summed E-state index contributed by atoms with van der Waals surface area (Å²) in [6.45, 7) is 4.72. The van der Waals surface area contributed by atoms with Crippen molar-refractivity contribution >= 4 is 41.5 Å². The molecule has 166 valence electrons. The first-order valence-electron chi connectivity index (χ1n) is 9.70. The minimum atomic E-state index is 0. The molecule has 9 heteroatoms. The number of aromatic nitrogens is 2. The molecule has 31 heavy (non-hydrogen) atoms. The van der Waals surface area contributed by atoms with Crippen molar-refractivity contribution in [3.8, 4) is 17.1 Å². The molecule has 3 aromatic rings. The number of hydrogen-bond acceptors (Lipinski definition) is 5. The Morgan fingerprint density at radius 2 is 2.06 bits per heavy atom. The minimum Gasteiger partial charge on any atom is -0.496 e. The van der Waals surface area contributed by atoms with Crippen LogP contribution in [0.2, 0.25) is 5.02 Å². The van der Waals surface area contributed by atoms with E-state index in [0.717, 1.165) is 16.9 Å². The van der Waals surface area contributed by atoms with E-state index in [2.05, 4.69) is 45.7 Å². The largest absolute Gasteiger partial charge is 0.496 e. The van der Waals surface area contributed by atoms with Gasteiger partial charge in [-0.15, -0.1) is 24.0 Å². The van der Waals surface area contributed by atoms with Crippen LogP contribution >= 0.6 is 35.6 Å². The molecule has 0 bridgehead atoms. The van der Waals surface area contributed by atoms with Gasteiger partial charge in [-0.3, -0.25) is 4.99 Å². The molecule has 0 amide bonds. The third kappa shape index (κ3) is 6.83. The molecular formula is C22H27ClIN5O2. The lowest BCUT2D eigenvalue weighted by atomic mass is 10.0.